The van der Waals surface area contributed by atoms with Crippen molar-refractivity contribution in [3.8, 4) is 89.3 Å². The van der Waals surface area contributed by atoms with Crippen LogP contribution >= 0.6 is 0 Å². The average Bonchev–Trinajstić information content (AvgIpc) is 1.50. The van der Waals surface area contributed by atoms with Crippen molar-refractivity contribution in [3.63, 3.8) is 0 Å². The first kappa shape index (κ1) is 74.5. The lowest BCUT2D eigenvalue weighted by Crippen LogP contribution is -2.28. The molecule has 0 radical (unpaired) electrons. The molecule has 0 spiro atoms. The molecule has 0 saturated carbocycles. The standard InChI is InChI=1S/C67H44N2O.C54H38N2/c1-3-19-48(20-4-1)67(49-21-5-2-6-22-49)58-29-11-7-26-56(58)66-59(67)30-17-33-62(66)68(51-42-38-46(39-43-51)53-28-16-35-64-65(53)57-27-10-14-34-63(57)70-64)50-40-36-45(37-41-50)47-18-15-23-52(44-47)69-60-31-12-8-24-54(60)55-25-9-13-32-61(55)69;1-3-13-39(14-4-1)41-25-31-47(32-26-41)55(48-33-27-42(28-34-48)40-15-5-2-6-16-40)49-35-29-43(30-36-49)44-17-11-18-45(37-44)46-19-12-20-50(38-46)56-53-23-9-7-21-51(53)52-22-8-10-24-54(52)56/h1-44H;1-38H. The monoisotopic (exact) mass is 1610 g/mol. The van der Waals surface area contributed by atoms with E-state index in [-0.39, 0.29) is 0 Å². The van der Waals surface area contributed by atoms with Gasteiger partial charge in [0, 0.05) is 77.7 Å². The summed E-state index contributed by atoms with van der Waals surface area (Å²) >= 11 is 0. The van der Waals surface area contributed by atoms with Crippen molar-refractivity contribution in [1.29, 1.82) is 0 Å². The van der Waals surface area contributed by atoms with Gasteiger partial charge in [0.25, 0.3) is 0 Å². The molecule has 23 aromatic rings. The van der Waals surface area contributed by atoms with E-state index in [1.165, 1.54) is 122 Å². The van der Waals surface area contributed by atoms with Crippen LogP contribution < -0.4 is 9.80 Å². The molecule has 5 nitrogen and oxygen atoms in total. The van der Waals surface area contributed by atoms with Crippen LogP contribution in [0.25, 0.3) is 155 Å². The molecule has 0 unspecified atom stereocenters. The Labute approximate surface area is 732 Å². The third kappa shape index (κ3) is 13.0. The van der Waals surface area contributed by atoms with Crippen molar-refractivity contribution in [1.82, 2.24) is 9.13 Å². The van der Waals surface area contributed by atoms with Gasteiger partial charge in [-0.1, -0.05) is 364 Å². The molecule has 24 rings (SSSR count). The highest BCUT2D eigenvalue weighted by atomic mass is 16.3. The van der Waals surface area contributed by atoms with Crippen molar-refractivity contribution >= 4 is 99.7 Å². The van der Waals surface area contributed by atoms with Gasteiger partial charge in [0.1, 0.15) is 11.2 Å². The van der Waals surface area contributed by atoms with E-state index in [9.17, 15) is 0 Å². The Balaban J connectivity index is 0.000000149. The molecule has 1 aliphatic carbocycles. The van der Waals surface area contributed by atoms with E-state index in [4.69, 9.17) is 4.42 Å². The van der Waals surface area contributed by atoms with Gasteiger partial charge in [-0.05, 0) is 228 Å². The SMILES string of the molecule is c1ccc(-c2ccc(N(c3ccc(-c4ccccc4)cc3)c3ccc(-c4cccc(-c5cccc(-n6c7ccccc7c7ccccc76)c5)c4)cc3)cc2)cc1.c1ccc(C2(c3ccccc3)c3ccccc3-c3c(N(c4ccc(-c5cccc(-n6c7ccccc7c7ccccc76)c5)cc4)c4ccc(-c5cccc6oc7ccccc7c56)cc4)cccc32)cc1. The highest BCUT2D eigenvalue weighted by Crippen LogP contribution is 2.60. The Morgan fingerprint density at radius 1 is 0.198 bits per heavy atom. The lowest BCUT2D eigenvalue weighted by atomic mass is 9.68. The zero-order valence-electron chi connectivity index (χ0n) is 69.0. The van der Waals surface area contributed by atoms with Crippen LogP contribution in [0, 0.1) is 0 Å². The van der Waals surface area contributed by atoms with E-state index in [2.05, 4.69) is 510 Å². The average molecular weight is 1610 g/mol. The second-order valence-corrected chi connectivity index (χ2v) is 32.6. The molecule has 0 saturated heterocycles. The summed E-state index contributed by atoms with van der Waals surface area (Å²) in [6.45, 7) is 0. The zero-order valence-corrected chi connectivity index (χ0v) is 69.0. The second-order valence-electron chi connectivity index (χ2n) is 32.6. The van der Waals surface area contributed by atoms with Gasteiger partial charge in [-0.3, -0.25) is 0 Å². The van der Waals surface area contributed by atoms with Crippen molar-refractivity contribution in [2.75, 3.05) is 9.80 Å². The smallest absolute Gasteiger partial charge is 0.136 e. The summed E-state index contributed by atoms with van der Waals surface area (Å²) in [6, 6.07) is 180. The summed E-state index contributed by atoms with van der Waals surface area (Å²) in [5.74, 6) is 0. The first-order valence-electron chi connectivity index (χ1n) is 43.3. The van der Waals surface area contributed by atoms with E-state index in [0.29, 0.717) is 0 Å². The summed E-state index contributed by atoms with van der Waals surface area (Å²) in [5.41, 5.74) is 36.6. The van der Waals surface area contributed by atoms with Crippen LogP contribution in [0.15, 0.2) is 502 Å². The van der Waals surface area contributed by atoms with Crippen LogP contribution in [0.1, 0.15) is 22.3 Å². The van der Waals surface area contributed by atoms with Gasteiger partial charge >= 0.3 is 0 Å². The lowest BCUT2D eigenvalue weighted by molar-refractivity contribution is 0.669. The Bertz CT molecular complexity index is 7740. The van der Waals surface area contributed by atoms with Gasteiger partial charge in [0.15, 0.2) is 0 Å². The van der Waals surface area contributed by atoms with Gasteiger partial charge in [-0.15, -0.1) is 0 Å². The molecular formula is C121H82N4O. The molecule has 0 aliphatic heterocycles. The molecule has 0 atom stereocenters. The maximum atomic E-state index is 6.34. The first-order chi connectivity index (χ1) is 62.5. The topological polar surface area (TPSA) is 29.5 Å². The number of hydrogen-bond acceptors (Lipinski definition) is 3. The van der Waals surface area contributed by atoms with E-state index >= 15 is 0 Å². The minimum absolute atomic E-state index is 0.530. The molecule has 126 heavy (non-hydrogen) atoms. The number of benzene rings is 20. The molecular weight excluding hydrogens is 1530 g/mol. The third-order valence-corrected chi connectivity index (χ3v) is 25.5. The molecule has 0 bridgehead atoms. The van der Waals surface area contributed by atoms with E-state index < -0.39 is 5.41 Å². The van der Waals surface area contributed by atoms with Crippen molar-refractivity contribution in [3.05, 3.63) is 520 Å². The number of aromatic nitrogens is 2. The minimum Gasteiger partial charge on any atom is -0.456 e. The van der Waals surface area contributed by atoms with E-state index in [1.807, 2.05) is 6.07 Å². The van der Waals surface area contributed by atoms with Gasteiger partial charge in [0.05, 0.1) is 33.2 Å². The van der Waals surface area contributed by atoms with Crippen molar-refractivity contribution < 1.29 is 4.42 Å². The quantitative estimate of drug-likeness (QED) is 0.0966. The molecule has 20 aromatic carbocycles. The molecule has 592 valence electrons. The van der Waals surface area contributed by atoms with Crippen LogP contribution in [0.5, 0.6) is 0 Å². The predicted molar refractivity (Wildman–Crippen MR) is 528 cm³/mol. The molecule has 3 heterocycles. The van der Waals surface area contributed by atoms with Gasteiger partial charge < -0.3 is 23.4 Å². The Hall–Kier alpha value is -16.6. The molecule has 3 aromatic heterocycles. The largest absolute Gasteiger partial charge is 0.456 e. The highest BCUT2D eigenvalue weighted by Gasteiger charge is 2.47. The second kappa shape index (κ2) is 31.8. The Morgan fingerprint density at radius 2 is 0.508 bits per heavy atom. The van der Waals surface area contributed by atoms with Crippen LogP contribution in [0.2, 0.25) is 0 Å². The number of nitrogens with zero attached hydrogens (tertiary/aromatic N) is 4. The zero-order chi connectivity index (χ0) is 83.4. The molecule has 0 amide bonds. The summed E-state index contributed by atoms with van der Waals surface area (Å²) < 4.78 is 11.1. The lowest BCUT2D eigenvalue weighted by Gasteiger charge is -2.34. The number of hydrogen-bond donors (Lipinski definition) is 0. The first-order valence-corrected chi connectivity index (χ1v) is 43.3. The van der Waals surface area contributed by atoms with E-state index in [1.54, 1.807) is 0 Å². The number of anilines is 6. The number of rotatable bonds is 16. The van der Waals surface area contributed by atoms with Crippen LogP contribution in [0.3, 0.4) is 0 Å². The fourth-order valence-electron chi connectivity index (χ4n) is 19.7. The maximum Gasteiger partial charge on any atom is 0.136 e. The Kier molecular flexibility index (Phi) is 18.8. The van der Waals surface area contributed by atoms with E-state index in [0.717, 1.165) is 89.7 Å². The number of para-hydroxylation sites is 5. The maximum absolute atomic E-state index is 6.34. The number of furan rings is 1. The van der Waals surface area contributed by atoms with Crippen molar-refractivity contribution in [2.45, 2.75) is 5.41 Å². The van der Waals surface area contributed by atoms with Gasteiger partial charge in [0.2, 0.25) is 0 Å². The Morgan fingerprint density at radius 3 is 0.984 bits per heavy atom. The molecule has 5 heteroatoms. The van der Waals surface area contributed by atoms with Crippen molar-refractivity contribution in [2.24, 2.45) is 0 Å². The summed E-state index contributed by atoms with van der Waals surface area (Å²) in [5, 5.41) is 7.31. The fraction of sp³-hybridized carbons (Fsp3) is 0.00826. The molecule has 0 N–H and O–H groups in total. The fourth-order valence-corrected chi connectivity index (χ4v) is 19.7. The minimum atomic E-state index is -0.530. The summed E-state index contributed by atoms with van der Waals surface area (Å²) in [6.07, 6.45) is 0. The van der Waals surface area contributed by atoms with Gasteiger partial charge in [-0.25, -0.2) is 0 Å². The van der Waals surface area contributed by atoms with Gasteiger partial charge in [-0.2, -0.15) is 0 Å². The van der Waals surface area contributed by atoms with Crippen LogP contribution in [0.4, 0.5) is 34.1 Å². The number of fused-ring (bicyclic) bond motifs is 12. The van der Waals surface area contributed by atoms with Crippen LogP contribution in [-0.2, 0) is 5.41 Å². The van der Waals surface area contributed by atoms with Crippen LogP contribution in [-0.4, -0.2) is 9.13 Å². The summed E-state index contributed by atoms with van der Waals surface area (Å²) in [7, 11) is 0. The molecule has 1 aliphatic rings. The predicted octanol–water partition coefficient (Wildman–Crippen LogP) is 32.8. The highest BCUT2D eigenvalue weighted by molar-refractivity contribution is 6.14. The normalized spacial score (nSPS) is 12.0. The summed E-state index contributed by atoms with van der Waals surface area (Å²) in [4.78, 5) is 4.79. The molecule has 0 fully saturated rings. The third-order valence-electron chi connectivity index (χ3n) is 25.5.